The summed E-state index contributed by atoms with van der Waals surface area (Å²) in [5.41, 5.74) is 2.61. The van der Waals surface area contributed by atoms with Crippen LogP contribution in [0, 0.1) is 0 Å². The molecular weight excluding hydrogens is 344 g/mol. The number of aliphatic hydroxyl groups is 1. The highest BCUT2D eigenvalue weighted by Crippen LogP contribution is 2.25. The molecule has 2 nitrogen and oxygen atoms in total. The summed E-state index contributed by atoms with van der Waals surface area (Å²) >= 11 is 0. The molecule has 0 atom stereocenters. The molecule has 0 saturated carbocycles. The minimum absolute atomic E-state index is 0.250. The Balaban J connectivity index is 0.00000227. The molecule has 2 N–H and O–H groups in total. The van der Waals surface area contributed by atoms with Gasteiger partial charge in [-0.2, -0.15) is 0 Å². The highest BCUT2D eigenvalue weighted by Gasteiger charge is 2.07. The first kappa shape index (κ1) is 27.0. The topological polar surface area (TPSA) is 40.5 Å². The van der Waals surface area contributed by atoms with Crippen molar-refractivity contribution >= 4 is 0 Å². The number of hydrogen-bond donors (Lipinski definition) is 2. The number of phenolic OH excluding ortho intramolecular Hbond substituents is 1. The first-order valence-corrected chi connectivity index (χ1v) is 12.1. The van der Waals surface area contributed by atoms with Gasteiger partial charge in [-0.3, -0.25) is 0 Å². The average molecular weight is 393 g/mol. The van der Waals surface area contributed by atoms with Gasteiger partial charge in [0.1, 0.15) is 5.75 Å². The van der Waals surface area contributed by atoms with Crippen LogP contribution in [0.3, 0.4) is 0 Å². The normalized spacial score (nSPS) is 10.6. The maximum atomic E-state index is 10.3. The molecule has 164 valence electrons. The van der Waals surface area contributed by atoms with Crippen molar-refractivity contribution in [2.24, 2.45) is 0 Å². The lowest BCUT2D eigenvalue weighted by molar-refractivity contribution is 0.318. The van der Waals surface area contributed by atoms with Gasteiger partial charge in [0.05, 0.1) is 0 Å². The Morgan fingerprint density at radius 2 is 1.04 bits per heavy atom. The molecule has 0 radical (unpaired) electrons. The number of rotatable bonds is 16. The Labute approximate surface area is 175 Å². The maximum Gasteiger partial charge on any atom is 0.119 e. The summed E-state index contributed by atoms with van der Waals surface area (Å²) < 4.78 is 0. The van der Waals surface area contributed by atoms with Crippen molar-refractivity contribution in [2.75, 3.05) is 6.61 Å². The molecule has 0 spiro atoms. The lowest BCUT2D eigenvalue weighted by atomic mass is 9.95. The van der Waals surface area contributed by atoms with E-state index in [1.807, 2.05) is 12.1 Å². The van der Waals surface area contributed by atoms with Gasteiger partial charge in [-0.25, -0.2) is 0 Å². The van der Waals surface area contributed by atoms with Crippen molar-refractivity contribution in [3.63, 3.8) is 0 Å². The van der Waals surface area contributed by atoms with Gasteiger partial charge in [-0.15, -0.1) is 0 Å². The second-order valence-electron chi connectivity index (χ2n) is 7.97. The third kappa shape index (κ3) is 15.0. The lowest BCUT2D eigenvalue weighted by Gasteiger charge is -2.12. The van der Waals surface area contributed by atoms with Crippen molar-refractivity contribution in [1.82, 2.24) is 0 Å². The summed E-state index contributed by atoms with van der Waals surface area (Å²) in [7, 11) is 0. The second kappa shape index (κ2) is 20.7. The molecule has 0 aliphatic carbocycles. The van der Waals surface area contributed by atoms with Crippen LogP contribution in [0.1, 0.15) is 122 Å². The Kier molecular flexibility index (Phi) is 20.0. The van der Waals surface area contributed by atoms with Gasteiger partial charge in [0, 0.05) is 6.61 Å². The molecule has 0 heterocycles. The van der Waals surface area contributed by atoms with Crippen molar-refractivity contribution in [3.8, 4) is 5.75 Å². The first-order chi connectivity index (χ1) is 13.7. The first-order valence-electron chi connectivity index (χ1n) is 12.1. The lowest BCUT2D eigenvalue weighted by Crippen LogP contribution is -1.96. The summed E-state index contributed by atoms with van der Waals surface area (Å²) in [5, 5.41) is 17.8. The number of aryl methyl sites for hydroxylation is 1. The van der Waals surface area contributed by atoms with Gasteiger partial charge in [0.25, 0.3) is 0 Å². The molecule has 0 saturated heterocycles. The molecule has 2 heteroatoms. The largest absolute Gasteiger partial charge is 0.508 e. The van der Waals surface area contributed by atoms with Crippen molar-refractivity contribution in [3.05, 3.63) is 29.3 Å². The van der Waals surface area contributed by atoms with E-state index in [1.165, 1.54) is 101 Å². The number of phenols is 1. The zero-order chi connectivity index (χ0) is 20.9. The van der Waals surface area contributed by atoms with Crippen LogP contribution in [-0.2, 0) is 12.8 Å². The van der Waals surface area contributed by atoms with Gasteiger partial charge in [0.15, 0.2) is 0 Å². The van der Waals surface area contributed by atoms with Crippen LogP contribution in [0.2, 0.25) is 0 Å². The molecule has 0 bridgehead atoms. The van der Waals surface area contributed by atoms with Crippen molar-refractivity contribution in [2.45, 2.75) is 124 Å². The number of unbranched alkanes of at least 4 members (excludes halogenated alkanes) is 12. The zero-order valence-electron chi connectivity index (χ0n) is 19.1. The fourth-order valence-electron chi connectivity index (χ4n) is 3.68. The Morgan fingerprint density at radius 1 is 0.607 bits per heavy atom. The Hall–Kier alpha value is -1.02. The van der Waals surface area contributed by atoms with Gasteiger partial charge in [0.2, 0.25) is 0 Å². The van der Waals surface area contributed by atoms with E-state index < -0.39 is 0 Å². The SMILES string of the molecule is CCCCCCCCCc1cccc(O)c1CCCCCCCCC.CCO. The van der Waals surface area contributed by atoms with Gasteiger partial charge >= 0.3 is 0 Å². The molecule has 0 aliphatic rings. The fourth-order valence-corrected chi connectivity index (χ4v) is 3.68. The van der Waals surface area contributed by atoms with Crippen molar-refractivity contribution in [1.29, 1.82) is 0 Å². The summed E-state index contributed by atoms with van der Waals surface area (Å²) in [6, 6.07) is 6.11. The van der Waals surface area contributed by atoms with E-state index in [0.717, 1.165) is 12.8 Å². The summed E-state index contributed by atoms with van der Waals surface area (Å²) in [6.45, 7) is 6.47. The van der Waals surface area contributed by atoms with E-state index >= 15 is 0 Å². The predicted octanol–water partition coefficient (Wildman–Crippen LogP) is 7.98. The maximum absolute atomic E-state index is 10.3. The van der Waals surface area contributed by atoms with E-state index in [9.17, 15) is 5.11 Å². The quantitative estimate of drug-likeness (QED) is 0.280. The molecule has 0 aliphatic heterocycles. The smallest absolute Gasteiger partial charge is 0.119 e. The third-order valence-electron chi connectivity index (χ3n) is 5.33. The molecule has 1 rings (SSSR count). The molecule has 1 aromatic rings. The standard InChI is InChI=1S/C24H42O.C2H6O/c1-3-5-7-9-11-13-15-18-22-19-17-21-24(25)23(22)20-16-14-12-10-8-6-4-2;1-2-3/h17,19,21,25H,3-16,18,20H2,1-2H3;3H,2H2,1H3. The van der Waals surface area contributed by atoms with Crippen LogP contribution in [0.4, 0.5) is 0 Å². The number of aliphatic hydroxyl groups excluding tert-OH is 1. The number of aromatic hydroxyl groups is 1. The molecule has 0 aromatic heterocycles. The van der Waals surface area contributed by atoms with E-state index in [2.05, 4.69) is 19.9 Å². The average Bonchev–Trinajstić information content (AvgIpc) is 2.69. The van der Waals surface area contributed by atoms with Gasteiger partial charge in [-0.1, -0.05) is 103 Å². The van der Waals surface area contributed by atoms with Crippen molar-refractivity contribution < 1.29 is 10.2 Å². The van der Waals surface area contributed by atoms with Crippen LogP contribution < -0.4 is 0 Å². The summed E-state index contributed by atoms with van der Waals surface area (Å²) in [5.74, 6) is 0.520. The van der Waals surface area contributed by atoms with Crippen LogP contribution >= 0.6 is 0 Å². The molecule has 28 heavy (non-hydrogen) atoms. The van der Waals surface area contributed by atoms with Crippen LogP contribution in [0.25, 0.3) is 0 Å². The van der Waals surface area contributed by atoms with Crippen LogP contribution in [-0.4, -0.2) is 16.8 Å². The molecule has 1 aromatic carbocycles. The van der Waals surface area contributed by atoms with Crippen LogP contribution in [0.5, 0.6) is 5.75 Å². The van der Waals surface area contributed by atoms with Gasteiger partial charge < -0.3 is 10.2 Å². The van der Waals surface area contributed by atoms with E-state index in [4.69, 9.17) is 5.11 Å². The Bertz CT molecular complexity index is 442. The highest BCUT2D eigenvalue weighted by molar-refractivity contribution is 5.39. The molecule has 0 fully saturated rings. The zero-order valence-corrected chi connectivity index (χ0v) is 19.1. The third-order valence-corrected chi connectivity index (χ3v) is 5.33. The predicted molar refractivity (Wildman–Crippen MR) is 124 cm³/mol. The van der Waals surface area contributed by atoms with Crippen LogP contribution in [0.15, 0.2) is 18.2 Å². The summed E-state index contributed by atoms with van der Waals surface area (Å²) in [6.07, 6.45) is 21.0. The van der Waals surface area contributed by atoms with Gasteiger partial charge in [-0.05, 0) is 49.8 Å². The molecular formula is C26H48O2. The number of benzene rings is 1. The second-order valence-corrected chi connectivity index (χ2v) is 7.97. The van der Waals surface area contributed by atoms with E-state index in [-0.39, 0.29) is 6.61 Å². The highest BCUT2D eigenvalue weighted by atomic mass is 16.3. The number of hydrogen-bond acceptors (Lipinski definition) is 2. The fraction of sp³-hybridized carbons (Fsp3) is 0.769. The molecule has 0 amide bonds. The molecule has 0 unspecified atom stereocenters. The Morgan fingerprint density at radius 3 is 1.54 bits per heavy atom. The minimum Gasteiger partial charge on any atom is -0.508 e. The minimum atomic E-state index is 0.250. The van der Waals surface area contributed by atoms with E-state index in [1.54, 1.807) is 6.92 Å². The summed E-state index contributed by atoms with van der Waals surface area (Å²) in [4.78, 5) is 0. The van der Waals surface area contributed by atoms with E-state index in [0.29, 0.717) is 5.75 Å². The monoisotopic (exact) mass is 392 g/mol.